The molecule has 1 rings (SSSR count). The zero-order chi connectivity index (χ0) is 15.7. The maximum atomic E-state index is 11.9. The van der Waals surface area contributed by atoms with Crippen LogP contribution in [0, 0.1) is 6.92 Å². The predicted octanol–water partition coefficient (Wildman–Crippen LogP) is 3.77. The molecule has 0 aliphatic heterocycles. The van der Waals surface area contributed by atoms with Crippen molar-refractivity contribution in [3.8, 4) is 5.75 Å². The second-order valence-electron chi connectivity index (χ2n) is 5.06. The number of aryl methyl sites for hydroxylation is 1. The van der Waals surface area contributed by atoms with Crippen molar-refractivity contribution in [3.05, 3.63) is 22.7 Å². The number of benzene rings is 1. The van der Waals surface area contributed by atoms with E-state index >= 15 is 0 Å². The lowest BCUT2D eigenvalue weighted by Crippen LogP contribution is -2.22. The first-order valence-corrected chi connectivity index (χ1v) is 7.81. The number of unbranched alkanes of at least 4 members (excludes halogenated alkanes) is 2. The van der Waals surface area contributed by atoms with Gasteiger partial charge in [0.15, 0.2) is 0 Å². The molecule has 2 N–H and O–H groups in total. The van der Waals surface area contributed by atoms with Crippen molar-refractivity contribution in [1.82, 2.24) is 5.32 Å². The van der Waals surface area contributed by atoms with Gasteiger partial charge < -0.3 is 15.4 Å². The molecule has 0 aliphatic rings. The first kappa shape index (κ1) is 17.8. The third-order valence-electron chi connectivity index (χ3n) is 3.24. The maximum absolute atomic E-state index is 11.9. The van der Waals surface area contributed by atoms with E-state index in [1.54, 1.807) is 13.2 Å². The Morgan fingerprint density at radius 2 is 2.05 bits per heavy atom. The van der Waals surface area contributed by atoms with Crippen LogP contribution in [-0.2, 0) is 4.79 Å². The van der Waals surface area contributed by atoms with Gasteiger partial charge in [-0.05, 0) is 31.5 Å². The second kappa shape index (κ2) is 9.64. The SMILES string of the molecule is CCCCCNCCC(=O)Nc1cc(C)c(Cl)cc1OC. The number of carbonyl (C=O) groups is 1. The fraction of sp³-hybridized carbons (Fsp3) is 0.562. The molecule has 0 spiro atoms. The van der Waals surface area contributed by atoms with Gasteiger partial charge in [0.25, 0.3) is 0 Å². The number of hydrogen-bond acceptors (Lipinski definition) is 3. The van der Waals surface area contributed by atoms with Crippen molar-refractivity contribution >= 4 is 23.2 Å². The highest BCUT2D eigenvalue weighted by molar-refractivity contribution is 6.31. The zero-order valence-corrected chi connectivity index (χ0v) is 13.8. The van der Waals surface area contributed by atoms with E-state index in [9.17, 15) is 4.79 Å². The molecule has 1 amide bonds. The minimum atomic E-state index is -0.0296. The predicted molar refractivity (Wildman–Crippen MR) is 88.4 cm³/mol. The fourth-order valence-electron chi connectivity index (χ4n) is 1.97. The molecule has 5 heteroatoms. The van der Waals surface area contributed by atoms with Crippen molar-refractivity contribution in [2.75, 3.05) is 25.5 Å². The third-order valence-corrected chi connectivity index (χ3v) is 3.65. The van der Waals surface area contributed by atoms with Crippen LogP contribution >= 0.6 is 11.6 Å². The molecule has 0 radical (unpaired) electrons. The Bertz CT molecular complexity index is 464. The van der Waals surface area contributed by atoms with E-state index < -0.39 is 0 Å². The lowest BCUT2D eigenvalue weighted by molar-refractivity contribution is -0.116. The highest BCUT2D eigenvalue weighted by Crippen LogP contribution is 2.30. The van der Waals surface area contributed by atoms with E-state index in [0.717, 1.165) is 18.5 Å². The third kappa shape index (κ3) is 6.36. The van der Waals surface area contributed by atoms with E-state index in [1.807, 2.05) is 13.0 Å². The van der Waals surface area contributed by atoms with E-state index in [1.165, 1.54) is 12.8 Å². The van der Waals surface area contributed by atoms with Gasteiger partial charge in [-0.3, -0.25) is 4.79 Å². The van der Waals surface area contributed by atoms with Crippen molar-refractivity contribution in [2.24, 2.45) is 0 Å². The van der Waals surface area contributed by atoms with Crippen LogP contribution in [0.3, 0.4) is 0 Å². The Kier molecular flexibility index (Phi) is 8.16. The molecule has 0 heterocycles. The monoisotopic (exact) mass is 312 g/mol. The number of nitrogens with one attached hydrogen (secondary N) is 2. The molecule has 0 aromatic heterocycles. The summed E-state index contributed by atoms with van der Waals surface area (Å²) in [5.41, 5.74) is 1.57. The molecule has 0 aliphatic carbocycles. The van der Waals surface area contributed by atoms with E-state index in [0.29, 0.717) is 29.4 Å². The summed E-state index contributed by atoms with van der Waals surface area (Å²) in [5.74, 6) is 0.549. The Hall–Kier alpha value is -1.26. The van der Waals surface area contributed by atoms with Gasteiger partial charge in [0.2, 0.25) is 5.91 Å². The van der Waals surface area contributed by atoms with Gasteiger partial charge in [-0.2, -0.15) is 0 Å². The van der Waals surface area contributed by atoms with Crippen molar-refractivity contribution in [3.63, 3.8) is 0 Å². The Balaban J connectivity index is 2.42. The molecule has 21 heavy (non-hydrogen) atoms. The van der Waals surface area contributed by atoms with Gasteiger partial charge >= 0.3 is 0 Å². The molecule has 0 saturated heterocycles. The Morgan fingerprint density at radius 3 is 2.71 bits per heavy atom. The summed E-state index contributed by atoms with van der Waals surface area (Å²) in [6.45, 7) is 5.72. The molecule has 1 aromatic rings. The number of hydrogen-bond donors (Lipinski definition) is 2. The molecule has 0 fully saturated rings. The van der Waals surface area contributed by atoms with Gasteiger partial charge in [-0.25, -0.2) is 0 Å². The molecular weight excluding hydrogens is 288 g/mol. The van der Waals surface area contributed by atoms with Crippen molar-refractivity contribution in [1.29, 1.82) is 0 Å². The number of rotatable bonds is 9. The summed E-state index contributed by atoms with van der Waals surface area (Å²) in [6.07, 6.45) is 4.03. The molecule has 0 unspecified atom stereocenters. The largest absolute Gasteiger partial charge is 0.495 e. The highest BCUT2D eigenvalue weighted by Gasteiger charge is 2.10. The lowest BCUT2D eigenvalue weighted by Gasteiger charge is -2.12. The maximum Gasteiger partial charge on any atom is 0.225 e. The minimum absolute atomic E-state index is 0.0296. The zero-order valence-electron chi connectivity index (χ0n) is 13.1. The van der Waals surface area contributed by atoms with Crippen LogP contribution in [0.2, 0.25) is 5.02 Å². The van der Waals surface area contributed by atoms with Gasteiger partial charge in [0.1, 0.15) is 5.75 Å². The van der Waals surface area contributed by atoms with Gasteiger partial charge in [-0.1, -0.05) is 31.4 Å². The Morgan fingerprint density at radius 1 is 1.29 bits per heavy atom. The number of methoxy groups -OCH3 is 1. The molecule has 118 valence electrons. The van der Waals surface area contributed by atoms with E-state index in [4.69, 9.17) is 16.3 Å². The van der Waals surface area contributed by atoms with Crippen LogP contribution < -0.4 is 15.4 Å². The van der Waals surface area contributed by atoms with Crippen LogP contribution in [0.4, 0.5) is 5.69 Å². The summed E-state index contributed by atoms with van der Waals surface area (Å²) >= 11 is 6.04. The topological polar surface area (TPSA) is 50.4 Å². The molecule has 1 aromatic carbocycles. The fourth-order valence-corrected chi connectivity index (χ4v) is 2.12. The number of carbonyl (C=O) groups excluding carboxylic acids is 1. The van der Waals surface area contributed by atoms with Crippen molar-refractivity contribution in [2.45, 2.75) is 39.5 Å². The van der Waals surface area contributed by atoms with Crippen molar-refractivity contribution < 1.29 is 9.53 Å². The number of anilines is 1. The number of ether oxygens (including phenoxy) is 1. The summed E-state index contributed by atoms with van der Waals surface area (Å²) in [4.78, 5) is 11.9. The average Bonchev–Trinajstić information content (AvgIpc) is 2.46. The summed E-state index contributed by atoms with van der Waals surface area (Å²) in [7, 11) is 1.56. The van der Waals surface area contributed by atoms with Gasteiger partial charge in [0, 0.05) is 24.1 Å². The number of amides is 1. The molecule has 4 nitrogen and oxygen atoms in total. The lowest BCUT2D eigenvalue weighted by atomic mass is 10.2. The summed E-state index contributed by atoms with van der Waals surface area (Å²) in [5, 5.41) is 6.77. The van der Waals surface area contributed by atoms with Crippen LogP contribution in [0.25, 0.3) is 0 Å². The van der Waals surface area contributed by atoms with Gasteiger partial charge in [-0.15, -0.1) is 0 Å². The van der Waals surface area contributed by atoms with Crippen LogP contribution in [0.15, 0.2) is 12.1 Å². The van der Waals surface area contributed by atoms with E-state index in [2.05, 4.69) is 17.6 Å². The molecule has 0 saturated carbocycles. The molecule has 0 bridgehead atoms. The normalized spacial score (nSPS) is 10.5. The average molecular weight is 313 g/mol. The summed E-state index contributed by atoms with van der Waals surface area (Å²) in [6, 6.07) is 3.54. The quantitative estimate of drug-likeness (QED) is 0.683. The van der Waals surface area contributed by atoms with Crippen LogP contribution in [-0.4, -0.2) is 26.1 Å². The highest BCUT2D eigenvalue weighted by atomic mass is 35.5. The smallest absolute Gasteiger partial charge is 0.225 e. The first-order valence-electron chi connectivity index (χ1n) is 7.43. The first-order chi connectivity index (χ1) is 10.1. The number of halogens is 1. The van der Waals surface area contributed by atoms with Crippen LogP contribution in [0.1, 0.15) is 38.2 Å². The second-order valence-corrected chi connectivity index (χ2v) is 5.46. The van der Waals surface area contributed by atoms with Gasteiger partial charge in [0.05, 0.1) is 12.8 Å². The summed E-state index contributed by atoms with van der Waals surface area (Å²) < 4.78 is 5.24. The minimum Gasteiger partial charge on any atom is -0.495 e. The standard InChI is InChI=1S/C16H25ClN2O2/c1-4-5-6-8-18-9-7-16(20)19-14-10-12(2)13(17)11-15(14)21-3/h10-11,18H,4-9H2,1-3H3,(H,19,20). The van der Waals surface area contributed by atoms with Crippen LogP contribution in [0.5, 0.6) is 5.75 Å². The molecule has 0 atom stereocenters. The Labute approximate surface area is 132 Å². The van der Waals surface area contributed by atoms with E-state index in [-0.39, 0.29) is 5.91 Å². The molecular formula is C16H25ClN2O2.